The molecular weight excluding hydrogens is 863 g/mol. The minimum absolute atomic E-state index is 0.318. The molecule has 0 aliphatic carbocycles. The maximum absolute atomic E-state index is 11.1. The lowest BCUT2D eigenvalue weighted by Crippen LogP contribution is -2.39. The number of nitrogens with one attached hydrogen (secondary N) is 1. The Labute approximate surface area is 440 Å². The summed E-state index contributed by atoms with van der Waals surface area (Å²) in [5, 5.41) is 48.2. The van der Waals surface area contributed by atoms with Crippen LogP contribution in [0.3, 0.4) is 0 Å². The van der Waals surface area contributed by atoms with E-state index in [1.807, 2.05) is 0 Å². The lowest BCUT2D eigenvalue weighted by Gasteiger charge is -2.28. The van der Waals surface area contributed by atoms with Gasteiger partial charge in [0.05, 0.1) is 24.4 Å². The molecule has 0 radical (unpaired) electrons. The molecule has 0 aliphatic rings. The molecular formula is C63H131N3O4. The molecule has 5 N–H and O–H groups in total. The van der Waals surface area contributed by atoms with Crippen LogP contribution in [0.25, 0.3) is 0 Å². The number of nitrogens with zero attached hydrogens (tertiary/aromatic N) is 2. The Bertz CT molecular complexity index is 821. The van der Waals surface area contributed by atoms with Crippen molar-refractivity contribution in [1.82, 2.24) is 15.1 Å². The second kappa shape index (κ2) is 58.0. The fourth-order valence-corrected chi connectivity index (χ4v) is 10.7. The lowest BCUT2D eigenvalue weighted by atomic mass is 10.0. The van der Waals surface area contributed by atoms with Gasteiger partial charge in [0.2, 0.25) is 0 Å². The molecule has 0 saturated carbocycles. The van der Waals surface area contributed by atoms with E-state index in [4.69, 9.17) is 0 Å². The van der Waals surface area contributed by atoms with Crippen LogP contribution < -0.4 is 5.32 Å². The Hall–Kier alpha value is -0.280. The van der Waals surface area contributed by atoms with Crippen molar-refractivity contribution in [3.05, 3.63) is 0 Å². The summed E-state index contributed by atoms with van der Waals surface area (Å²) in [6.07, 6.45) is 57.9. The molecule has 7 heteroatoms. The van der Waals surface area contributed by atoms with E-state index in [9.17, 15) is 20.4 Å². The highest BCUT2D eigenvalue weighted by Crippen LogP contribution is 2.18. The van der Waals surface area contributed by atoms with Crippen molar-refractivity contribution in [3.8, 4) is 0 Å². The summed E-state index contributed by atoms with van der Waals surface area (Å²) in [6.45, 7) is 15.5. The van der Waals surface area contributed by atoms with Gasteiger partial charge >= 0.3 is 0 Å². The Morgan fingerprint density at radius 3 is 0.686 bits per heavy atom. The van der Waals surface area contributed by atoms with Crippen molar-refractivity contribution in [3.63, 3.8) is 0 Å². The number of aliphatic hydroxyl groups excluding tert-OH is 4. The van der Waals surface area contributed by atoms with E-state index in [-0.39, 0.29) is 24.4 Å². The van der Waals surface area contributed by atoms with Crippen molar-refractivity contribution in [2.24, 2.45) is 0 Å². The van der Waals surface area contributed by atoms with Gasteiger partial charge in [-0.3, -0.25) is 9.80 Å². The molecule has 0 amide bonds. The summed E-state index contributed by atoms with van der Waals surface area (Å²) in [7, 11) is 0. The Morgan fingerprint density at radius 2 is 0.443 bits per heavy atom. The third-order valence-electron chi connectivity index (χ3n) is 15.3. The van der Waals surface area contributed by atoms with Crippen molar-refractivity contribution < 1.29 is 20.4 Å². The summed E-state index contributed by atoms with van der Waals surface area (Å²) in [4.78, 5) is 4.71. The molecule has 4 unspecified atom stereocenters. The summed E-state index contributed by atoms with van der Waals surface area (Å²) in [5.74, 6) is 0. The van der Waals surface area contributed by atoms with Crippen molar-refractivity contribution in [1.29, 1.82) is 0 Å². The number of hydrogen-bond acceptors (Lipinski definition) is 7. The molecule has 0 aliphatic heterocycles. The van der Waals surface area contributed by atoms with Crippen LogP contribution in [0, 0.1) is 0 Å². The predicted molar refractivity (Wildman–Crippen MR) is 309 cm³/mol. The highest BCUT2D eigenvalue weighted by atomic mass is 16.3. The van der Waals surface area contributed by atoms with Crippen LogP contribution in [0.2, 0.25) is 0 Å². The third kappa shape index (κ3) is 54.0. The van der Waals surface area contributed by atoms with Crippen molar-refractivity contribution in [2.45, 2.75) is 354 Å². The highest BCUT2D eigenvalue weighted by molar-refractivity contribution is 4.72. The summed E-state index contributed by atoms with van der Waals surface area (Å²) in [5.41, 5.74) is 0. The van der Waals surface area contributed by atoms with Gasteiger partial charge in [-0.15, -0.1) is 0 Å². The molecule has 0 aromatic carbocycles. The first-order chi connectivity index (χ1) is 34.4. The van der Waals surface area contributed by atoms with Gasteiger partial charge in [0.1, 0.15) is 0 Å². The topological polar surface area (TPSA) is 99.4 Å². The molecule has 7 nitrogen and oxygen atoms in total. The van der Waals surface area contributed by atoms with Crippen molar-refractivity contribution >= 4 is 0 Å². The third-order valence-corrected chi connectivity index (χ3v) is 15.3. The molecule has 4 atom stereocenters. The second-order valence-electron chi connectivity index (χ2n) is 22.8. The second-order valence-corrected chi connectivity index (χ2v) is 22.8. The molecule has 0 aromatic rings. The normalized spacial score (nSPS) is 13.8. The molecule has 422 valence electrons. The first-order valence-corrected chi connectivity index (χ1v) is 32.2. The molecule has 0 bridgehead atoms. The van der Waals surface area contributed by atoms with E-state index < -0.39 is 0 Å². The molecule has 0 fully saturated rings. The minimum atomic E-state index is -0.323. The van der Waals surface area contributed by atoms with Crippen molar-refractivity contribution in [2.75, 3.05) is 52.4 Å². The van der Waals surface area contributed by atoms with Gasteiger partial charge in [-0.25, -0.2) is 0 Å². The largest absolute Gasteiger partial charge is 0.392 e. The van der Waals surface area contributed by atoms with Crippen LogP contribution in [-0.4, -0.2) is 107 Å². The van der Waals surface area contributed by atoms with E-state index in [1.165, 1.54) is 231 Å². The van der Waals surface area contributed by atoms with E-state index >= 15 is 0 Å². The first-order valence-electron chi connectivity index (χ1n) is 32.2. The fraction of sp³-hybridized carbons (Fsp3) is 1.00. The quantitative estimate of drug-likeness (QED) is 0.0387. The Balaban J connectivity index is 4.84. The van der Waals surface area contributed by atoms with Gasteiger partial charge in [-0.05, 0) is 71.1 Å². The van der Waals surface area contributed by atoms with E-state index in [0.29, 0.717) is 26.2 Å². The molecule has 70 heavy (non-hydrogen) atoms. The number of unbranched alkanes of at least 4 members (excludes halogenated alkanes) is 37. The van der Waals surface area contributed by atoms with Gasteiger partial charge in [0.15, 0.2) is 0 Å². The van der Waals surface area contributed by atoms with Crippen LogP contribution in [0.4, 0.5) is 0 Å². The van der Waals surface area contributed by atoms with Crippen LogP contribution in [0.5, 0.6) is 0 Å². The fourth-order valence-electron chi connectivity index (χ4n) is 10.7. The zero-order chi connectivity index (χ0) is 51.1. The smallest absolute Gasteiger partial charge is 0.0667 e. The SMILES string of the molecule is CCCCCCCCCCCCC(O)CN(CCCCNCCCN(CC(O)CCCCCCCCCCCC)CC(O)CCCCCCCCCCCC)CC(O)CCCCCCCCCCCC. The molecule has 0 spiro atoms. The van der Waals surface area contributed by atoms with E-state index in [1.54, 1.807) is 0 Å². The van der Waals surface area contributed by atoms with Crippen LogP contribution >= 0.6 is 0 Å². The van der Waals surface area contributed by atoms with Gasteiger partial charge < -0.3 is 25.7 Å². The lowest BCUT2D eigenvalue weighted by molar-refractivity contribution is 0.0589. The predicted octanol–water partition coefficient (Wildman–Crippen LogP) is 17.0. The standard InChI is InChI=1S/C63H131N3O4/c1-5-9-13-17-21-25-29-33-37-41-48-60(67)56-65(57-61(68)49-42-38-34-30-26-22-18-14-10-6-2)54-46-45-52-64-53-47-55-66(58-62(69)50-43-39-35-31-27-23-19-15-11-7-3)59-63(70)51-44-40-36-32-28-24-20-16-12-8-4/h60-64,67-70H,5-59H2,1-4H3. The monoisotopic (exact) mass is 994 g/mol. The van der Waals surface area contributed by atoms with Crippen LogP contribution in [0.15, 0.2) is 0 Å². The van der Waals surface area contributed by atoms with Gasteiger partial charge in [0.25, 0.3) is 0 Å². The Kier molecular flexibility index (Phi) is 57.8. The molecule has 0 saturated heterocycles. The molecule has 0 heterocycles. The van der Waals surface area contributed by atoms with E-state index in [0.717, 1.165) is 96.8 Å². The highest BCUT2D eigenvalue weighted by Gasteiger charge is 2.18. The number of rotatable bonds is 61. The van der Waals surface area contributed by atoms with Gasteiger partial charge in [0, 0.05) is 26.2 Å². The zero-order valence-corrected chi connectivity index (χ0v) is 48.4. The first kappa shape index (κ1) is 69.7. The summed E-state index contributed by atoms with van der Waals surface area (Å²) >= 11 is 0. The molecule has 0 rings (SSSR count). The van der Waals surface area contributed by atoms with E-state index in [2.05, 4.69) is 42.8 Å². The zero-order valence-electron chi connectivity index (χ0n) is 48.4. The maximum Gasteiger partial charge on any atom is 0.0667 e. The summed E-state index contributed by atoms with van der Waals surface area (Å²) < 4.78 is 0. The van der Waals surface area contributed by atoms with Crippen LogP contribution in [-0.2, 0) is 0 Å². The maximum atomic E-state index is 11.1. The van der Waals surface area contributed by atoms with Gasteiger partial charge in [-0.1, -0.05) is 285 Å². The molecule has 0 aromatic heterocycles. The number of hydrogen-bond donors (Lipinski definition) is 5. The number of aliphatic hydroxyl groups is 4. The van der Waals surface area contributed by atoms with Gasteiger partial charge in [-0.2, -0.15) is 0 Å². The average Bonchev–Trinajstić information content (AvgIpc) is 3.34. The minimum Gasteiger partial charge on any atom is -0.392 e. The van der Waals surface area contributed by atoms with Crippen LogP contribution in [0.1, 0.15) is 329 Å². The summed E-state index contributed by atoms with van der Waals surface area (Å²) in [6, 6.07) is 0. The Morgan fingerprint density at radius 1 is 0.243 bits per heavy atom. The average molecular weight is 995 g/mol.